The Morgan fingerprint density at radius 2 is 1.09 bits per heavy atom. The fraction of sp³-hybridized carbons (Fsp3) is 0.400. The number of hydrogen-bond acceptors (Lipinski definition) is 3. The molecule has 0 bridgehead atoms. The fourth-order valence-electron chi connectivity index (χ4n) is 2.97. The van der Waals surface area contributed by atoms with Crippen molar-refractivity contribution < 1.29 is 35.9 Å². The number of hydrogen-bond donors (Lipinski definition) is 0. The number of benzene rings is 2. The average molecular weight is 498 g/mol. The molecule has 0 aliphatic heterocycles. The maximum Gasteiger partial charge on any atom is 0.416 e. The maximum absolute atomic E-state index is 12.8. The van der Waals surface area contributed by atoms with Crippen LogP contribution in [0.15, 0.2) is 53.4 Å². The van der Waals surface area contributed by atoms with Crippen LogP contribution in [0.3, 0.4) is 0 Å². The zero-order valence-electron chi connectivity index (χ0n) is 18.6. The first-order valence-electron chi connectivity index (χ1n) is 9.51. The topological polar surface area (TPSA) is 40.5 Å². The third-order valence-electron chi connectivity index (χ3n) is 4.57. The summed E-state index contributed by atoms with van der Waals surface area (Å²) in [6.45, 7) is -0.0463. The van der Waals surface area contributed by atoms with Gasteiger partial charge in [-0.15, -0.1) is 0 Å². The molecular formula is C20H25F6N4O2P. The molecule has 0 N–H and O–H groups in total. The largest absolute Gasteiger partial charge is 0.478 e. The molecule has 0 unspecified atom stereocenters. The van der Waals surface area contributed by atoms with Gasteiger partial charge in [0.2, 0.25) is 7.51 Å². The van der Waals surface area contributed by atoms with Gasteiger partial charge in [-0.25, -0.2) is 14.0 Å². The summed E-state index contributed by atoms with van der Waals surface area (Å²) >= 11 is 0. The molecule has 0 atom stereocenters. The number of halogens is 6. The summed E-state index contributed by atoms with van der Waals surface area (Å²) in [7, 11) is 5.96. The molecule has 0 amide bonds. The van der Waals surface area contributed by atoms with Crippen LogP contribution >= 0.6 is 7.51 Å². The van der Waals surface area contributed by atoms with Crippen LogP contribution in [0.5, 0.6) is 11.5 Å². The van der Waals surface area contributed by atoms with E-state index < -0.39 is 31.0 Å². The van der Waals surface area contributed by atoms with Crippen LogP contribution in [-0.2, 0) is 12.4 Å². The molecule has 0 radical (unpaired) electrons. The van der Waals surface area contributed by atoms with Gasteiger partial charge in [0.1, 0.15) is 12.5 Å². The molecule has 0 aliphatic rings. The molecule has 2 aromatic carbocycles. The molecule has 2 rings (SSSR count). The number of alkyl halides is 6. The second-order valence-corrected chi connectivity index (χ2v) is 10.9. The summed E-state index contributed by atoms with van der Waals surface area (Å²) in [5.74, 6) is 0.349. The second-order valence-electron chi connectivity index (χ2n) is 7.38. The molecular weight excluding hydrogens is 473 g/mol. The van der Waals surface area contributed by atoms with Crippen molar-refractivity contribution in [2.24, 2.45) is 4.91 Å². The molecule has 2 aromatic rings. The van der Waals surface area contributed by atoms with Gasteiger partial charge in [0.15, 0.2) is 5.75 Å². The van der Waals surface area contributed by atoms with E-state index in [0.717, 1.165) is 24.3 Å². The summed E-state index contributed by atoms with van der Waals surface area (Å²) in [5.41, 5.74) is -1.59. The first kappa shape index (κ1) is 27.0. The molecule has 33 heavy (non-hydrogen) atoms. The van der Waals surface area contributed by atoms with E-state index in [1.165, 1.54) is 24.3 Å². The van der Waals surface area contributed by atoms with Gasteiger partial charge in [-0.3, -0.25) is 0 Å². The highest BCUT2D eigenvalue weighted by molar-refractivity contribution is 7.58. The highest BCUT2D eigenvalue weighted by Crippen LogP contribution is 2.55. The Balaban J connectivity index is 2.23. The van der Waals surface area contributed by atoms with Crippen LogP contribution in [-0.4, -0.2) is 56.0 Å². The van der Waals surface area contributed by atoms with Crippen molar-refractivity contribution in [2.45, 2.75) is 12.4 Å². The quantitative estimate of drug-likeness (QED) is 0.192. The van der Waals surface area contributed by atoms with Crippen LogP contribution in [0.2, 0.25) is 0 Å². The Hall–Kier alpha value is -2.27. The van der Waals surface area contributed by atoms with Gasteiger partial charge >= 0.3 is 12.4 Å². The van der Waals surface area contributed by atoms with Crippen LogP contribution in [0.25, 0.3) is 0 Å². The van der Waals surface area contributed by atoms with Crippen LogP contribution < -0.4 is 9.57 Å². The minimum absolute atomic E-state index is 0.0463. The average Bonchev–Trinajstić information content (AvgIpc) is 2.71. The molecule has 184 valence electrons. The lowest BCUT2D eigenvalue weighted by Crippen LogP contribution is -2.35. The summed E-state index contributed by atoms with van der Waals surface area (Å²) in [4.78, 5) is 9.84. The number of nitrogens with zero attached hydrogens (tertiary/aromatic N) is 4. The summed E-state index contributed by atoms with van der Waals surface area (Å²) in [5, 5.41) is 0. The molecule has 13 heteroatoms. The van der Waals surface area contributed by atoms with Crippen molar-refractivity contribution in [3.05, 3.63) is 59.7 Å². The van der Waals surface area contributed by atoms with Gasteiger partial charge in [-0.05, 0) is 83.8 Å². The lowest BCUT2D eigenvalue weighted by molar-refractivity contribution is -0.138. The summed E-state index contributed by atoms with van der Waals surface area (Å²) in [6.07, 6.45) is -8.91. The molecule has 6 nitrogen and oxygen atoms in total. The maximum atomic E-state index is 12.8. The van der Waals surface area contributed by atoms with Crippen molar-refractivity contribution in [1.82, 2.24) is 14.0 Å². The van der Waals surface area contributed by atoms with Crippen molar-refractivity contribution in [2.75, 3.05) is 42.0 Å². The molecule has 0 spiro atoms. The standard InChI is InChI=1S/C20H25F6N4O2P/c1-28(2)33(29(3)4,27-32-18-12-8-16(9-13-18)20(24,25)26)30(5)14-31-17-10-6-15(7-11-17)19(21,22)23/h6-13H,14H2,1-5H3. The van der Waals surface area contributed by atoms with E-state index in [1.54, 1.807) is 49.2 Å². The Bertz CT molecular complexity index is 949. The Morgan fingerprint density at radius 1 is 0.697 bits per heavy atom. The van der Waals surface area contributed by atoms with Crippen molar-refractivity contribution in [3.63, 3.8) is 0 Å². The third-order valence-corrected chi connectivity index (χ3v) is 8.05. The summed E-state index contributed by atoms with van der Waals surface area (Å²) < 4.78 is 87.4. The van der Waals surface area contributed by atoms with Gasteiger partial charge in [0.25, 0.3) is 0 Å². The van der Waals surface area contributed by atoms with Crippen LogP contribution in [0, 0.1) is 0 Å². The molecule has 0 saturated carbocycles. The monoisotopic (exact) mass is 498 g/mol. The van der Waals surface area contributed by atoms with Gasteiger partial charge in [-0.2, -0.15) is 26.3 Å². The van der Waals surface area contributed by atoms with Crippen LogP contribution in [0.1, 0.15) is 11.1 Å². The second kappa shape index (κ2) is 10.3. The molecule has 0 heterocycles. The molecule has 0 saturated heterocycles. The first-order valence-corrected chi connectivity index (χ1v) is 11.1. The van der Waals surface area contributed by atoms with E-state index in [9.17, 15) is 26.3 Å². The summed E-state index contributed by atoms with van der Waals surface area (Å²) in [6, 6.07) is 8.43. The third kappa shape index (κ3) is 6.63. The van der Waals surface area contributed by atoms with Gasteiger partial charge in [0, 0.05) is 0 Å². The Kier molecular flexibility index (Phi) is 8.45. The highest BCUT2D eigenvalue weighted by atomic mass is 31.2. The Labute approximate surface area is 188 Å². The van der Waals surface area contributed by atoms with Gasteiger partial charge in [-0.1, -0.05) is 4.91 Å². The predicted molar refractivity (Wildman–Crippen MR) is 113 cm³/mol. The van der Waals surface area contributed by atoms with Gasteiger partial charge in [0.05, 0.1) is 11.1 Å². The van der Waals surface area contributed by atoms with E-state index in [0.29, 0.717) is 0 Å². The SMILES string of the molecule is CN(C)P(=NOc1ccc(C(F)(F)F)cc1)(N(C)C)N(C)COc1ccc(C(F)(F)F)cc1. The lowest BCUT2D eigenvalue weighted by Gasteiger charge is -2.40. The normalized spacial score (nSPS) is 13.0. The Morgan fingerprint density at radius 3 is 1.45 bits per heavy atom. The fourth-order valence-corrected chi connectivity index (χ4v) is 5.74. The number of ether oxygens (including phenoxy) is 1. The minimum Gasteiger partial charge on any atom is -0.478 e. The lowest BCUT2D eigenvalue weighted by atomic mass is 10.2. The van der Waals surface area contributed by atoms with E-state index in [4.69, 9.17) is 9.57 Å². The zero-order valence-corrected chi connectivity index (χ0v) is 19.5. The molecule has 0 aliphatic carbocycles. The van der Waals surface area contributed by atoms with E-state index >= 15 is 0 Å². The molecule has 0 aromatic heterocycles. The van der Waals surface area contributed by atoms with Crippen molar-refractivity contribution in [3.8, 4) is 11.5 Å². The van der Waals surface area contributed by atoms with Gasteiger partial charge < -0.3 is 9.57 Å². The van der Waals surface area contributed by atoms with E-state index in [2.05, 4.69) is 4.91 Å². The zero-order chi connectivity index (χ0) is 25.0. The predicted octanol–water partition coefficient (Wildman–Crippen LogP) is 6.06. The smallest absolute Gasteiger partial charge is 0.416 e. The molecule has 0 fully saturated rings. The first-order chi connectivity index (χ1) is 15.2. The van der Waals surface area contributed by atoms with Crippen molar-refractivity contribution in [1.29, 1.82) is 0 Å². The number of rotatable bonds is 8. The minimum atomic E-state index is -4.46. The highest BCUT2D eigenvalue weighted by Gasteiger charge is 2.34. The van der Waals surface area contributed by atoms with E-state index in [1.807, 2.05) is 0 Å². The van der Waals surface area contributed by atoms with Crippen LogP contribution in [0.4, 0.5) is 26.3 Å². The van der Waals surface area contributed by atoms with E-state index in [-0.39, 0.29) is 18.2 Å². The van der Waals surface area contributed by atoms with Crippen molar-refractivity contribution >= 4 is 7.51 Å².